The monoisotopic (exact) mass is 412 g/mol. The van der Waals surface area contributed by atoms with Gasteiger partial charge in [-0.05, 0) is 35.4 Å². The fraction of sp³-hybridized carbons (Fsp3) is 0.188. The van der Waals surface area contributed by atoms with Crippen LogP contribution in [0.4, 0.5) is 0 Å². The quantitative estimate of drug-likeness (QED) is 0.665. The maximum absolute atomic E-state index is 11.4. The predicted octanol–water partition coefficient (Wildman–Crippen LogP) is 4.72. The molecule has 2 aromatic rings. The molecule has 2 rings (SSSR count). The fourth-order valence-corrected chi connectivity index (χ4v) is 2.53. The first kappa shape index (κ1) is 16.2. The van der Waals surface area contributed by atoms with Crippen LogP contribution in [0.5, 0.6) is 0 Å². The number of ether oxygens (including phenoxy) is 2. The maximum atomic E-state index is 11.4. The number of methoxy groups -OCH3 is 1. The number of carbonyl (C=O) groups is 1. The van der Waals surface area contributed by atoms with Gasteiger partial charge in [-0.25, -0.2) is 4.79 Å². The molecule has 110 valence electrons. The Labute approximate surface area is 140 Å². The molecule has 2 aromatic carbocycles. The van der Waals surface area contributed by atoms with Crippen LogP contribution in [0.25, 0.3) is 0 Å². The minimum absolute atomic E-state index is 0.349. The lowest BCUT2D eigenvalue weighted by Gasteiger charge is -2.08. The maximum Gasteiger partial charge on any atom is 0.337 e. The van der Waals surface area contributed by atoms with Gasteiger partial charge >= 0.3 is 5.97 Å². The number of halogens is 2. The van der Waals surface area contributed by atoms with Crippen LogP contribution < -0.4 is 0 Å². The second-order valence-electron chi connectivity index (χ2n) is 4.42. The highest BCUT2D eigenvalue weighted by Crippen LogP contribution is 2.21. The summed E-state index contributed by atoms with van der Waals surface area (Å²) in [6, 6.07) is 13.3. The van der Waals surface area contributed by atoms with E-state index in [0.717, 1.165) is 20.1 Å². The van der Waals surface area contributed by atoms with Gasteiger partial charge in [0.25, 0.3) is 0 Å². The van der Waals surface area contributed by atoms with Crippen molar-refractivity contribution in [3.63, 3.8) is 0 Å². The van der Waals surface area contributed by atoms with Gasteiger partial charge in [-0.15, -0.1) is 0 Å². The highest BCUT2D eigenvalue weighted by molar-refractivity contribution is 9.10. The van der Waals surface area contributed by atoms with Crippen molar-refractivity contribution in [2.75, 3.05) is 7.11 Å². The largest absolute Gasteiger partial charge is 0.465 e. The molecule has 0 radical (unpaired) electrons. The predicted molar refractivity (Wildman–Crippen MR) is 88.1 cm³/mol. The lowest BCUT2D eigenvalue weighted by atomic mass is 10.1. The van der Waals surface area contributed by atoms with Crippen molar-refractivity contribution < 1.29 is 14.3 Å². The summed E-state index contributed by atoms with van der Waals surface area (Å²) < 4.78 is 12.3. The third-order valence-electron chi connectivity index (χ3n) is 2.91. The first-order valence-corrected chi connectivity index (χ1v) is 7.87. The summed E-state index contributed by atoms with van der Waals surface area (Å²) in [5.74, 6) is -0.349. The average molecular weight is 414 g/mol. The Hall–Kier alpha value is -1.17. The molecule has 0 aliphatic rings. The number of benzene rings is 2. The molecule has 0 N–H and O–H groups in total. The Balaban J connectivity index is 1.94. The van der Waals surface area contributed by atoms with E-state index in [1.165, 1.54) is 7.11 Å². The highest BCUT2D eigenvalue weighted by Gasteiger charge is 2.08. The van der Waals surface area contributed by atoms with Crippen LogP contribution in [0.3, 0.4) is 0 Å². The molecule has 0 spiro atoms. The van der Waals surface area contributed by atoms with Crippen LogP contribution in [0, 0.1) is 0 Å². The molecule has 0 amide bonds. The van der Waals surface area contributed by atoms with Gasteiger partial charge in [0.05, 0.1) is 25.9 Å². The van der Waals surface area contributed by atoms with Gasteiger partial charge in [-0.2, -0.15) is 0 Å². The van der Waals surface area contributed by atoms with E-state index in [1.807, 2.05) is 30.3 Å². The van der Waals surface area contributed by atoms with Crippen molar-refractivity contribution >= 4 is 37.8 Å². The van der Waals surface area contributed by atoms with Gasteiger partial charge in [-0.3, -0.25) is 0 Å². The van der Waals surface area contributed by atoms with E-state index in [0.29, 0.717) is 18.8 Å². The topological polar surface area (TPSA) is 35.5 Å². The van der Waals surface area contributed by atoms with Crippen LogP contribution in [-0.2, 0) is 22.7 Å². The standard InChI is InChI=1S/C16H14Br2O3/c1-20-16(19)12-4-5-13(15(18)8-12)10-21-9-11-2-6-14(17)7-3-11/h2-8H,9-10H2,1H3. The van der Waals surface area contributed by atoms with E-state index in [9.17, 15) is 4.79 Å². The first-order valence-electron chi connectivity index (χ1n) is 6.29. The Morgan fingerprint density at radius 1 is 1.05 bits per heavy atom. The summed E-state index contributed by atoms with van der Waals surface area (Å²) in [6.07, 6.45) is 0. The summed E-state index contributed by atoms with van der Waals surface area (Å²) in [5, 5.41) is 0. The zero-order valence-corrected chi connectivity index (χ0v) is 14.6. The van der Waals surface area contributed by atoms with E-state index in [2.05, 4.69) is 36.6 Å². The van der Waals surface area contributed by atoms with E-state index in [1.54, 1.807) is 12.1 Å². The molecular formula is C16H14Br2O3. The van der Waals surface area contributed by atoms with Crippen LogP contribution in [0.2, 0.25) is 0 Å². The van der Waals surface area contributed by atoms with Crippen LogP contribution >= 0.6 is 31.9 Å². The molecule has 3 nitrogen and oxygen atoms in total. The SMILES string of the molecule is COC(=O)c1ccc(COCc2ccc(Br)cc2)c(Br)c1. The van der Waals surface area contributed by atoms with Gasteiger partial charge in [0.1, 0.15) is 0 Å². The molecule has 0 unspecified atom stereocenters. The van der Waals surface area contributed by atoms with Crippen LogP contribution in [0.1, 0.15) is 21.5 Å². The van der Waals surface area contributed by atoms with Crippen LogP contribution in [-0.4, -0.2) is 13.1 Å². The summed E-state index contributed by atoms with van der Waals surface area (Å²) in [6.45, 7) is 1.01. The van der Waals surface area contributed by atoms with E-state index < -0.39 is 0 Å². The molecule has 0 bridgehead atoms. The molecule has 5 heteroatoms. The van der Waals surface area contributed by atoms with Gasteiger partial charge in [-0.1, -0.05) is 50.1 Å². The van der Waals surface area contributed by atoms with Crippen molar-refractivity contribution in [1.82, 2.24) is 0 Å². The van der Waals surface area contributed by atoms with E-state index in [4.69, 9.17) is 4.74 Å². The molecule has 0 saturated heterocycles. The molecular weight excluding hydrogens is 400 g/mol. The van der Waals surface area contributed by atoms with Crippen molar-refractivity contribution in [2.45, 2.75) is 13.2 Å². The number of carbonyl (C=O) groups excluding carboxylic acids is 1. The third-order valence-corrected chi connectivity index (χ3v) is 4.18. The van der Waals surface area contributed by atoms with Gasteiger partial charge < -0.3 is 9.47 Å². The molecule has 0 saturated carbocycles. The molecule has 0 aromatic heterocycles. The summed E-state index contributed by atoms with van der Waals surface area (Å²) in [4.78, 5) is 11.4. The van der Waals surface area contributed by atoms with Crippen molar-refractivity contribution in [1.29, 1.82) is 0 Å². The van der Waals surface area contributed by atoms with Gasteiger partial charge in [0.15, 0.2) is 0 Å². The second-order valence-corrected chi connectivity index (χ2v) is 6.19. The minimum Gasteiger partial charge on any atom is -0.465 e. The lowest BCUT2D eigenvalue weighted by Crippen LogP contribution is -2.02. The Morgan fingerprint density at radius 2 is 1.76 bits per heavy atom. The van der Waals surface area contributed by atoms with Crippen molar-refractivity contribution in [2.24, 2.45) is 0 Å². The first-order chi connectivity index (χ1) is 10.1. The second kappa shape index (κ2) is 7.73. The molecule has 0 aliphatic carbocycles. The molecule has 0 heterocycles. The molecule has 0 aliphatic heterocycles. The summed E-state index contributed by atoms with van der Waals surface area (Å²) in [5.41, 5.74) is 2.61. The van der Waals surface area contributed by atoms with Crippen LogP contribution in [0.15, 0.2) is 51.4 Å². The smallest absolute Gasteiger partial charge is 0.337 e. The number of hydrogen-bond donors (Lipinski definition) is 0. The Morgan fingerprint density at radius 3 is 2.38 bits per heavy atom. The van der Waals surface area contributed by atoms with Gasteiger partial charge in [0, 0.05) is 8.95 Å². The van der Waals surface area contributed by atoms with Crippen molar-refractivity contribution in [3.8, 4) is 0 Å². The Kier molecular flexibility index (Phi) is 5.96. The normalized spacial score (nSPS) is 10.4. The third kappa shape index (κ3) is 4.66. The zero-order chi connectivity index (χ0) is 15.2. The summed E-state index contributed by atoms with van der Waals surface area (Å²) in [7, 11) is 1.37. The zero-order valence-electron chi connectivity index (χ0n) is 11.4. The lowest BCUT2D eigenvalue weighted by molar-refractivity contribution is 0.0600. The summed E-state index contributed by atoms with van der Waals surface area (Å²) >= 11 is 6.85. The fourth-order valence-electron chi connectivity index (χ4n) is 1.77. The number of hydrogen-bond acceptors (Lipinski definition) is 3. The molecule has 0 atom stereocenters. The van der Waals surface area contributed by atoms with Gasteiger partial charge in [0.2, 0.25) is 0 Å². The van der Waals surface area contributed by atoms with E-state index >= 15 is 0 Å². The molecule has 21 heavy (non-hydrogen) atoms. The highest BCUT2D eigenvalue weighted by atomic mass is 79.9. The van der Waals surface area contributed by atoms with Crippen molar-refractivity contribution in [3.05, 3.63) is 68.1 Å². The minimum atomic E-state index is -0.349. The number of rotatable bonds is 5. The molecule has 0 fully saturated rings. The number of esters is 1. The average Bonchev–Trinajstić information content (AvgIpc) is 2.50. The Bertz CT molecular complexity index is 624. The van der Waals surface area contributed by atoms with E-state index in [-0.39, 0.29) is 5.97 Å².